The Morgan fingerprint density at radius 1 is 0.533 bits per heavy atom. The maximum absolute atomic E-state index is 7.03. The highest BCUT2D eigenvalue weighted by Gasteiger charge is 2.95. The average Bonchev–Trinajstić information content (AvgIpc) is 3.51. The maximum atomic E-state index is 7.03. The van der Waals surface area contributed by atoms with E-state index in [2.05, 4.69) is 12.1 Å². The van der Waals surface area contributed by atoms with E-state index in [1.165, 1.54) is 0 Å². The van der Waals surface area contributed by atoms with Crippen molar-refractivity contribution in [3.8, 4) is 0 Å². The lowest BCUT2D eigenvalue weighted by Gasteiger charge is -2.34. The van der Waals surface area contributed by atoms with Crippen LogP contribution in [-0.2, 0) is 15.9 Å². The van der Waals surface area contributed by atoms with Crippen LogP contribution < -0.4 is 0 Å². The van der Waals surface area contributed by atoms with Gasteiger partial charge in [0.15, 0.2) is 8.67 Å². The molecule has 1 saturated heterocycles. The van der Waals surface area contributed by atoms with E-state index < -0.39 is 19.9 Å². The summed E-state index contributed by atoms with van der Waals surface area (Å²) in [5, 5.41) is 0. The molecule has 3 aliphatic rings. The summed E-state index contributed by atoms with van der Waals surface area (Å²) in [4.78, 5) is 0. The first-order valence-electron chi connectivity index (χ1n) is 10.0. The first-order valence-corrected chi connectivity index (χ1v) is 11.5. The van der Waals surface area contributed by atoms with Gasteiger partial charge in [0.05, 0.1) is 0 Å². The molecule has 30 heavy (non-hydrogen) atoms. The highest BCUT2D eigenvalue weighted by Crippen LogP contribution is 2.89. The molecule has 0 aromatic heterocycles. The van der Waals surface area contributed by atoms with E-state index in [1.54, 1.807) is 0 Å². The van der Waals surface area contributed by atoms with Crippen molar-refractivity contribution in [2.45, 2.75) is 25.8 Å². The average molecular weight is 476 g/mol. The van der Waals surface area contributed by atoms with Crippen LogP contribution >= 0.6 is 46.4 Å². The summed E-state index contributed by atoms with van der Waals surface area (Å²) in [7, 11) is 0. The summed E-state index contributed by atoms with van der Waals surface area (Å²) in [6.45, 7) is 0. The molecule has 0 spiro atoms. The summed E-state index contributed by atoms with van der Waals surface area (Å²) >= 11 is 28.1. The molecule has 1 unspecified atom stereocenters. The fourth-order valence-corrected chi connectivity index (χ4v) is 7.77. The summed E-state index contributed by atoms with van der Waals surface area (Å²) in [5.74, 6) is -0.385. The molecule has 3 aromatic carbocycles. The van der Waals surface area contributed by atoms with Crippen LogP contribution in [0.3, 0.4) is 0 Å². The van der Waals surface area contributed by atoms with Crippen molar-refractivity contribution in [2.24, 2.45) is 11.8 Å². The van der Waals surface area contributed by atoms with E-state index in [0.29, 0.717) is 0 Å². The minimum absolute atomic E-state index is 0.0506. The highest BCUT2D eigenvalue weighted by molar-refractivity contribution is 6.54. The highest BCUT2D eigenvalue weighted by atomic mass is 35.5. The standard InChI is InChI=1S/C25H18Cl4O/c26-24(27)20-19(16-10-4-1-5-11-16)21-23(25(21,28)29,18-14-8-3-9-15-18)30-22(20,24)17-12-6-2-7-13-17/h1-15,19-21H/t19?,20-,21+,22-,23-/m1/s1. The smallest absolute Gasteiger partial charge is 0.158 e. The van der Waals surface area contributed by atoms with Gasteiger partial charge in [-0.25, -0.2) is 0 Å². The Morgan fingerprint density at radius 3 is 1.30 bits per heavy atom. The summed E-state index contributed by atoms with van der Waals surface area (Å²) in [6.07, 6.45) is 0. The van der Waals surface area contributed by atoms with Crippen LogP contribution in [0.2, 0.25) is 0 Å². The summed E-state index contributed by atoms with van der Waals surface area (Å²) in [5.41, 5.74) is 1.24. The molecule has 1 aliphatic heterocycles. The second kappa shape index (κ2) is 6.18. The molecule has 3 aromatic rings. The number of ether oxygens (including phenoxy) is 1. The number of halogens is 4. The van der Waals surface area contributed by atoms with Gasteiger partial charge in [-0.05, 0) is 16.7 Å². The number of alkyl halides is 4. The molecular weight excluding hydrogens is 458 g/mol. The van der Waals surface area contributed by atoms with E-state index in [4.69, 9.17) is 51.1 Å². The van der Waals surface area contributed by atoms with Gasteiger partial charge >= 0.3 is 0 Å². The summed E-state index contributed by atoms with van der Waals surface area (Å²) < 4.78 is 4.76. The molecule has 0 radical (unpaired) electrons. The van der Waals surface area contributed by atoms with Crippen LogP contribution in [-0.4, -0.2) is 8.67 Å². The van der Waals surface area contributed by atoms with Crippen molar-refractivity contribution in [1.82, 2.24) is 0 Å². The third-order valence-electron chi connectivity index (χ3n) is 7.11. The van der Waals surface area contributed by atoms with Gasteiger partial charge in [-0.2, -0.15) is 0 Å². The van der Waals surface area contributed by atoms with Crippen molar-refractivity contribution >= 4 is 46.4 Å². The number of hydrogen-bond donors (Lipinski definition) is 0. The van der Waals surface area contributed by atoms with Crippen molar-refractivity contribution < 1.29 is 4.74 Å². The third-order valence-corrected chi connectivity index (χ3v) is 9.17. The van der Waals surface area contributed by atoms with Gasteiger partial charge in [0.1, 0.15) is 11.2 Å². The molecule has 1 nitrogen and oxygen atoms in total. The minimum Gasteiger partial charge on any atom is -0.352 e. The zero-order valence-electron chi connectivity index (χ0n) is 15.8. The zero-order valence-corrected chi connectivity index (χ0v) is 18.8. The fraction of sp³-hybridized carbons (Fsp3) is 0.280. The SMILES string of the molecule is ClC1(Cl)[C@H]2C(c3ccccc3)[C@H]3C(Cl)(Cl)[C@]3(c3ccccc3)O[C@]21c1ccccc1. The van der Waals surface area contributed by atoms with Gasteiger partial charge in [0.2, 0.25) is 0 Å². The zero-order chi connectivity index (χ0) is 20.8. The molecule has 0 bridgehead atoms. The molecule has 152 valence electrons. The fourth-order valence-electron chi connectivity index (χ4n) is 5.77. The quantitative estimate of drug-likeness (QED) is 0.364. The second-order valence-electron chi connectivity index (χ2n) is 8.44. The van der Waals surface area contributed by atoms with Crippen molar-refractivity contribution in [3.05, 3.63) is 108 Å². The van der Waals surface area contributed by atoms with Gasteiger partial charge in [0, 0.05) is 17.8 Å². The van der Waals surface area contributed by atoms with E-state index in [0.717, 1.165) is 16.7 Å². The Morgan fingerprint density at radius 2 is 0.900 bits per heavy atom. The van der Waals surface area contributed by atoms with Crippen LogP contribution in [0, 0.1) is 11.8 Å². The van der Waals surface area contributed by atoms with Gasteiger partial charge in [-0.3, -0.25) is 0 Å². The summed E-state index contributed by atoms with van der Waals surface area (Å²) in [6, 6.07) is 30.2. The van der Waals surface area contributed by atoms with Crippen molar-refractivity contribution in [1.29, 1.82) is 0 Å². The predicted octanol–water partition coefficient (Wildman–Crippen LogP) is 7.20. The normalized spacial score (nSPS) is 37.0. The Bertz CT molecular complexity index is 1030. The van der Waals surface area contributed by atoms with E-state index in [1.807, 2.05) is 78.9 Å². The molecule has 2 aliphatic carbocycles. The van der Waals surface area contributed by atoms with Gasteiger partial charge in [-0.15, -0.1) is 0 Å². The van der Waals surface area contributed by atoms with Crippen LogP contribution in [0.25, 0.3) is 0 Å². The predicted molar refractivity (Wildman–Crippen MR) is 122 cm³/mol. The van der Waals surface area contributed by atoms with E-state index >= 15 is 0 Å². The van der Waals surface area contributed by atoms with Crippen LogP contribution in [0.15, 0.2) is 91.0 Å². The van der Waals surface area contributed by atoms with Crippen molar-refractivity contribution in [2.75, 3.05) is 0 Å². The van der Waals surface area contributed by atoms with Gasteiger partial charge in [-0.1, -0.05) is 137 Å². The lowest BCUT2D eigenvalue weighted by molar-refractivity contribution is -0.100. The molecule has 3 fully saturated rings. The van der Waals surface area contributed by atoms with Gasteiger partial charge in [0.25, 0.3) is 0 Å². The third kappa shape index (κ3) is 2.16. The van der Waals surface area contributed by atoms with Crippen LogP contribution in [0.5, 0.6) is 0 Å². The lowest BCUT2D eigenvalue weighted by Crippen LogP contribution is -2.35. The Balaban J connectivity index is 1.61. The molecule has 6 rings (SSSR count). The topological polar surface area (TPSA) is 9.23 Å². The molecule has 2 saturated carbocycles. The van der Waals surface area contributed by atoms with E-state index in [9.17, 15) is 0 Å². The number of benzene rings is 3. The van der Waals surface area contributed by atoms with Crippen molar-refractivity contribution in [3.63, 3.8) is 0 Å². The largest absolute Gasteiger partial charge is 0.352 e. The molecule has 5 heteroatoms. The number of fused-ring (bicyclic) bond motifs is 2. The number of hydrogen-bond acceptors (Lipinski definition) is 1. The van der Waals surface area contributed by atoms with Gasteiger partial charge < -0.3 is 4.74 Å². The number of rotatable bonds is 3. The second-order valence-corrected chi connectivity index (χ2v) is 11.2. The molecule has 0 amide bonds. The molecule has 0 N–H and O–H groups in total. The first-order chi connectivity index (χ1) is 14.4. The minimum atomic E-state index is -1.09. The van der Waals surface area contributed by atoms with E-state index in [-0.39, 0.29) is 17.8 Å². The Kier molecular flexibility index (Phi) is 4.01. The monoisotopic (exact) mass is 474 g/mol. The molecular formula is C25H18Cl4O. The first kappa shape index (κ1) is 19.5. The maximum Gasteiger partial charge on any atom is 0.158 e. The van der Waals surface area contributed by atoms with Crippen LogP contribution in [0.4, 0.5) is 0 Å². The molecule has 5 atom stereocenters. The lowest BCUT2D eigenvalue weighted by atomic mass is 9.82. The molecule has 1 heterocycles. The Hall–Kier alpha value is -1.22. The Labute approximate surface area is 195 Å². The van der Waals surface area contributed by atoms with Crippen LogP contribution in [0.1, 0.15) is 22.6 Å².